The molecule has 2 aromatic rings. The smallest absolute Gasteiger partial charge is 0.0992 e. The highest BCUT2D eigenvalue weighted by Crippen LogP contribution is 2.19. The molecule has 0 saturated carbocycles. The summed E-state index contributed by atoms with van der Waals surface area (Å²) in [6.45, 7) is 5.25. The van der Waals surface area contributed by atoms with Crippen LogP contribution in [0.25, 0.3) is 0 Å². The molecule has 1 atom stereocenters. The Kier molecular flexibility index (Phi) is 4.35. The van der Waals surface area contributed by atoms with Crippen LogP contribution in [0.15, 0.2) is 54.6 Å². The average Bonchev–Trinajstić information content (AvgIpc) is 2.42. The van der Waals surface area contributed by atoms with Crippen LogP contribution >= 0.6 is 0 Å². The second-order valence-electron chi connectivity index (χ2n) is 5.17. The molecule has 100 valence electrons. The van der Waals surface area contributed by atoms with Crippen molar-refractivity contribution < 1.29 is 5.11 Å². The van der Waals surface area contributed by atoms with Gasteiger partial charge in [0.15, 0.2) is 0 Å². The molecule has 0 aliphatic rings. The molecule has 0 spiro atoms. The van der Waals surface area contributed by atoms with Crippen LogP contribution in [0.5, 0.6) is 0 Å². The van der Waals surface area contributed by atoms with Crippen LogP contribution in [0.2, 0.25) is 0 Å². The maximum absolute atomic E-state index is 10.5. The normalized spacial score (nSPS) is 14.1. The fourth-order valence-electron chi connectivity index (χ4n) is 2.15. The van der Waals surface area contributed by atoms with Gasteiger partial charge < -0.3 is 10.4 Å². The summed E-state index contributed by atoms with van der Waals surface area (Å²) in [5.74, 6) is 0. The summed E-state index contributed by atoms with van der Waals surface area (Å²) < 4.78 is 0. The largest absolute Gasteiger partial charge is 0.384 e. The molecule has 0 amide bonds. The first-order valence-electron chi connectivity index (χ1n) is 6.63. The molecule has 0 bridgehead atoms. The highest BCUT2D eigenvalue weighted by Gasteiger charge is 2.21. The highest BCUT2D eigenvalue weighted by atomic mass is 16.3. The van der Waals surface area contributed by atoms with E-state index < -0.39 is 5.60 Å². The summed E-state index contributed by atoms with van der Waals surface area (Å²) in [5.41, 5.74) is 2.64. The Morgan fingerprint density at radius 3 is 2.32 bits per heavy atom. The van der Waals surface area contributed by atoms with Crippen molar-refractivity contribution in [3.8, 4) is 0 Å². The molecule has 0 radical (unpaired) electrons. The summed E-state index contributed by atoms with van der Waals surface area (Å²) in [6, 6.07) is 18.1. The molecule has 0 aliphatic heterocycles. The molecule has 1 unspecified atom stereocenters. The molecule has 0 saturated heterocycles. The molecule has 2 nitrogen and oxygen atoms in total. The molecular weight excluding hydrogens is 234 g/mol. The van der Waals surface area contributed by atoms with Crippen molar-refractivity contribution in [2.45, 2.75) is 26.0 Å². The number of benzene rings is 2. The molecular formula is C17H21NO. The van der Waals surface area contributed by atoms with Crippen molar-refractivity contribution in [3.63, 3.8) is 0 Å². The lowest BCUT2D eigenvalue weighted by molar-refractivity contribution is 0.0566. The molecule has 19 heavy (non-hydrogen) atoms. The lowest BCUT2D eigenvalue weighted by atomic mass is 9.96. The van der Waals surface area contributed by atoms with Crippen molar-refractivity contribution in [3.05, 3.63) is 71.3 Å². The molecule has 0 aliphatic carbocycles. The van der Waals surface area contributed by atoms with Crippen LogP contribution in [0.3, 0.4) is 0 Å². The van der Waals surface area contributed by atoms with Crippen LogP contribution in [0.1, 0.15) is 23.6 Å². The fourth-order valence-corrected chi connectivity index (χ4v) is 2.15. The Labute approximate surface area is 115 Å². The van der Waals surface area contributed by atoms with Crippen molar-refractivity contribution in [1.82, 2.24) is 5.32 Å². The van der Waals surface area contributed by atoms with Gasteiger partial charge in [-0.15, -0.1) is 0 Å². The Balaban J connectivity index is 1.94. The zero-order valence-corrected chi connectivity index (χ0v) is 11.6. The number of hydrogen-bond donors (Lipinski definition) is 2. The number of nitrogens with one attached hydrogen (secondary N) is 1. The van der Waals surface area contributed by atoms with Gasteiger partial charge in [-0.25, -0.2) is 0 Å². The molecule has 2 aromatic carbocycles. The lowest BCUT2D eigenvalue weighted by Gasteiger charge is -2.24. The van der Waals surface area contributed by atoms with E-state index >= 15 is 0 Å². The average molecular weight is 255 g/mol. The quantitative estimate of drug-likeness (QED) is 0.861. The maximum atomic E-state index is 10.5. The predicted molar refractivity (Wildman–Crippen MR) is 78.9 cm³/mol. The van der Waals surface area contributed by atoms with E-state index in [4.69, 9.17) is 0 Å². The van der Waals surface area contributed by atoms with Crippen molar-refractivity contribution in [2.24, 2.45) is 0 Å². The predicted octanol–water partition coefficient (Wildman–Crippen LogP) is 2.99. The van der Waals surface area contributed by atoms with Gasteiger partial charge in [0.2, 0.25) is 0 Å². The van der Waals surface area contributed by atoms with Gasteiger partial charge >= 0.3 is 0 Å². The minimum atomic E-state index is -0.843. The maximum Gasteiger partial charge on any atom is 0.0992 e. The van der Waals surface area contributed by atoms with Crippen LogP contribution < -0.4 is 5.32 Å². The summed E-state index contributed by atoms with van der Waals surface area (Å²) >= 11 is 0. The van der Waals surface area contributed by atoms with Gasteiger partial charge in [-0.05, 0) is 30.5 Å². The first-order chi connectivity index (χ1) is 9.09. The van der Waals surface area contributed by atoms with E-state index in [2.05, 4.69) is 24.4 Å². The minimum absolute atomic E-state index is 0.533. The van der Waals surface area contributed by atoms with Crippen LogP contribution in [-0.2, 0) is 12.1 Å². The standard InChI is InChI=1S/C17H21NO/c1-14-8-6-7-9-15(14)12-18-13-17(2,19)16-10-4-3-5-11-16/h3-11,18-19H,12-13H2,1-2H3. The topological polar surface area (TPSA) is 32.3 Å². The lowest BCUT2D eigenvalue weighted by Crippen LogP contribution is -2.35. The van der Waals surface area contributed by atoms with E-state index in [9.17, 15) is 5.11 Å². The summed E-state index contributed by atoms with van der Waals surface area (Å²) in [7, 11) is 0. The van der Waals surface area contributed by atoms with Crippen LogP contribution in [0.4, 0.5) is 0 Å². The summed E-state index contributed by atoms with van der Waals surface area (Å²) in [5, 5.41) is 13.8. The van der Waals surface area contributed by atoms with Gasteiger partial charge in [-0.2, -0.15) is 0 Å². The monoisotopic (exact) mass is 255 g/mol. The van der Waals surface area contributed by atoms with E-state index in [0.717, 1.165) is 12.1 Å². The van der Waals surface area contributed by atoms with E-state index in [1.54, 1.807) is 0 Å². The fraction of sp³-hybridized carbons (Fsp3) is 0.294. The SMILES string of the molecule is Cc1ccccc1CNCC(C)(O)c1ccccc1. The number of rotatable bonds is 5. The van der Waals surface area contributed by atoms with E-state index in [1.807, 2.05) is 49.4 Å². The van der Waals surface area contributed by atoms with E-state index in [1.165, 1.54) is 11.1 Å². The Hall–Kier alpha value is -1.64. The van der Waals surface area contributed by atoms with Crippen LogP contribution in [-0.4, -0.2) is 11.7 Å². The third kappa shape index (κ3) is 3.66. The third-order valence-electron chi connectivity index (χ3n) is 3.44. The molecule has 2 rings (SSSR count). The van der Waals surface area contributed by atoms with Crippen molar-refractivity contribution in [2.75, 3.05) is 6.54 Å². The van der Waals surface area contributed by atoms with Gasteiger partial charge in [0.1, 0.15) is 0 Å². The van der Waals surface area contributed by atoms with Crippen LogP contribution in [0, 0.1) is 6.92 Å². The first kappa shape index (κ1) is 13.8. The number of aryl methyl sites for hydroxylation is 1. The molecule has 2 N–H and O–H groups in total. The Bertz CT molecular complexity index is 520. The first-order valence-corrected chi connectivity index (χ1v) is 6.63. The van der Waals surface area contributed by atoms with Gasteiger partial charge in [-0.1, -0.05) is 54.6 Å². The van der Waals surface area contributed by atoms with Crippen molar-refractivity contribution in [1.29, 1.82) is 0 Å². The van der Waals surface area contributed by atoms with Crippen molar-refractivity contribution >= 4 is 0 Å². The zero-order valence-electron chi connectivity index (χ0n) is 11.6. The molecule has 0 aromatic heterocycles. The number of aliphatic hydroxyl groups is 1. The molecule has 0 fully saturated rings. The highest BCUT2D eigenvalue weighted by molar-refractivity contribution is 5.26. The Morgan fingerprint density at radius 1 is 1.00 bits per heavy atom. The summed E-state index contributed by atoms with van der Waals surface area (Å²) in [4.78, 5) is 0. The molecule has 2 heteroatoms. The van der Waals surface area contributed by atoms with E-state index in [0.29, 0.717) is 6.54 Å². The second-order valence-corrected chi connectivity index (χ2v) is 5.17. The number of hydrogen-bond acceptors (Lipinski definition) is 2. The summed E-state index contributed by atoms with van der Waals surface area (Å²) in [6.07, 6.45) is 0. The minimum Gasteiger partial charge on any atom is -0.384 e. The van der Waals surface area contributed by atoms with Gasteiger partial charge in [-0.3, -0.25) is 0 Å². The van der Waals surface area contributed by atoms with Gasteiger partial charge in [0, 0.05) is 13.1 Å². The second kappa shape index (κ2) is 6.00. The van der Waals surface area contributed by atoms with E-state index in [-0.39, 0.29) is 0 Å². The zero-order chi connectivity index (χ0) is 13.7. The molecule has 0 heterocycles. The Morgan fingerprint density at radius 2 is 1.63 bits per heavy atom. The van der Waals surface area contributed by atoms with Gasteiger partial charge in [0.05, 0.1) is 5.60 Å². The third-order valence-corrected chi connectivity index (χ3v) is 3.44. The van der Waals surface area contributed by atoms with Gasteiger partial charge in [0.25, 0.3) is 0 Å².